The highest BCUT2D eigenvalue weighted by atomic mass is 32.2. The summed E-state index contributed by atoms with van der Waals surface area (Å²) in [5, 5.41) is 25.1. The molecule has 9 nitrogen and oxygen atoms in total. The summed E-state index contributed by atoms with van der Waals surface area (Å²) in [6.45, 7) is 1.62. The van der Waals surface area contributed by atoms with Gasteiger partial charge in [-0.25, -0.2) is 0 Å². The van der Waals surface area contributed by atoms with Crippen LogP contribution < -0.4 is 10.9 Å². The Hall–Kier alpha value is -3.60. The Kier molecular flexibility index (Phi) is 8.35. The van der Waals surface area contributed by atoms with Crippen LogP contribution in [0.2, 0.25) is 0 Å². The van der Waals surface area contributed by atoms with Gasteiger partial charge in [-0.2, -0.15) is 11.8 Å². The summed E-state index contributed by atoms with van der Waals surface area (Å²) in [6, 6.07) is 16.5. The number of fused-ring (bicyclic) bond motifs is 2. The lowest BCUT2D eigenvalue weighted by Crippen LogP contribution is -2.39. The normalized spacial score (nSPS) is 15.4. The first-order chi connectivity index (χ1) is 18.9. The van der Waals surface area contributed by atoms with E-state index in [9.17, 15) is 24.6 Å². The predicted molar refractivity (Wildman–Crippen MR) is 154 cm³/mol. The summed E-state index contributed by atoms with van der Waals surface area (Å²) < 4.78 is 0. The molecule has 1 aliphatic heterocycles. The van der Waals surface area contributed by atoms with Crippen molar-refractivity contribution in [3.8, 4) is 11.3 Å². The molecule has 39 heavy (non-hydrogen) atoms. The first-order valence-electron chi connectivity index (χ1n) is 13.1. The second-order valence-corrected chi connectivity index (χ2v) is 11.1. The minimum atomic E-state index is -0.919. The predicted octanol–water partition coefficient (Wildman–Crippen LogP) is 2.87. The van der Waals surface area contributed by atoms with Crippen LogP contribution in [0.25, 0.3) is 33.1 Å². The van der Waals surface area contributed by atoms with Crippen molar-refractivity contribution in [3.63, 3.8) is 0 Å². The Balaban J connectivity index is 1.15. The lowest BCUT2D eigenvalue weighted by molar-refractivity contribution is -0.133. The molecule has 0 aliphatic carbocycles. The van der Waals surface area contributed by atoms with Crippen LogP contribution in [0.1, 0.15) is 29.6 Å². The zero-order valence-electron chi connectivity index (χ0n) is 21.5. The monoisotopic (exact) mass is 548 g/mol. The minimum Gasteiger partial charge on any atom is -0.393 e. The van der Waals surface area contributed by atoms with Crippen molar-refractivity contribution in [2.45, 2.75) is 31.5 Å². The van der Waals surface area contributed by atoms with E-state index < -0.39 is 12.2 Å². The first-order valence-corrected chi connectivity index (χ1v) is 14.3. The molecule has 2 aromatic heterocycles. The number of aromatic nitrogens is 2. The molecule has 0 spiro atoms. The quantitative estimate of drug-likeness (QED) is 0.218. The molecular formula is C29H32N4O5S. The van der Waals surface area contributed by atoms with Crippen molar-refractivity contribution in [1.82, 2.24) is 20.2 Å². The van der Waals surface area contributed by atoms with E-state index in [1.54, 1.807) is 23.1 Å². The molecule has 3 heterocycles. The molecule has 2 aromatic carbocycles. The Morgan fingerprint density at radius 2 is 1.72 bits per heavy atom. The zero-order valence-corrected chi connectivity index (χ0v) is 22.3. The highest BCUT2D eigenvalue weighted by molar-refractivity contribution is 7.99. The third-order valence-corrected chi connectivity index (χ3v) is 7.95. The van der Waals surface area contributed by atoms with Crippen molar-refractivity contribution >= 4 is 45.4 Å². The van der Waals surface area contributed by atoms with E-state index in [2.05, 4.69) is 15.3 Å². The van der Waals surface area contributed by atoms with Crippen LogP contribution in [0.3, 0.4) is 0 Å². The molecule has 1 fully saturated rings. The lowest BCUT2D eigenvalue weighted by atomic mass is 10.1. The number of rotatable bonds is 9. The van der Waals surface area contributed by atoms with Crippen molar-refractivity contribution in [3.05, 3.63) is 70.5 Å². The van der Waals surface area contributed by atoms with E-state index >= 15 is 0 Å². The summed E-state index contributed by atoms with van der Waals surface area (Å²) in [5.41, 5.74) is 3.01. The Morgan fingerprint density at radius 3 is 2.54 bits per heavy atom. The molecule has 5 rings (SSSR count). The second kappa shape index (κ2) is 12.1. The number of aliphatic hydroxyl groups excluding tert-OH is 2. The molecule has 1 saturated heterocycles. The number of carbonyl (C=O) groups is 2. The number of H-pyrrole nitrogens is 2. The van der Waals surface area contributed by atoms with E-state index in [4.69, 9.17) is 0 Å². The summed E-state index contributed by atoms with van der Waals surface area (Å²) in [6.07, 6.45) is -1.41. The van der Waals surface area contributed by atoms with Crippen molar-refractivity contribution in [2.24, 2.45) is 0 Å². The molecule has 0 unspecified atom stereocenters. The van der Waals surface area contributed by atoms with Gasteiger partial charge in [-0.15, -0.1) is 0 Å². The highest BCUT2D eigenvalue weighted by Gasteiger charge is 2.21. The topological polar surface area (TPSA) is 139 Å². The van der Waals surface area contributed by atoms with E-state index in [1.165, 1.54) is 0 Å². The summed E-state index contributed by atoms with van der Waals surface area (Å²) in [7, 11) is 0. The van der Waals surface area contributed by atoms with Crippen molar-refractivity contribution in [2.75, 3.05) is 31.1 Å². The molecule has 4 aromatic rings. The lowest BCUT2D eigenvalue weighted by Gasteiger charge is -2.27. The number of carbonyl (C=O) groups excluding carboxylic acids is 2. The largest absolute Gasteiger partial charge is 0.393 e. The van der Waals surface area contributed by atoms with Crippen LogP contribution in [0.5, 0.6) is 0 Å². The molecular weight excluding hydrogens is 516 g/mol. The maximum atomic E-state index is 12.7. The number of nitrogens with one attached hydrogen (secondary N) is 3. The number of aromatic amines is 2. The van der Waals surface area contributed by atoms with Crippen LogP contribution in [-0.2, 0) is 4.79 Å². The van der Waals surface area contributed by atoms with E-state index in [1.807, 2.05) is 48.2 Å². The fraction of sp³-hybridized carbons (Fsp3) is 0.345. The zero-order chi connectivity index (χ0) is 27.4. The van der Waals surface area contributed by atoms with Gasteiger partial charge in [0.15, 0.2) is 0 Å². The van der Waals surface area contributed by atoms with Gasteiger partial charge in [0.2, 0.25) is 5.91 Å². The average molecular weight is 549 g/mol. The fourth-order valence-electron chi connectivity index (χ4n) is 4.88. The van der Waals surface area contributed by atoms with Gasteiger partial charge in [-0.1, -0.05) is 18.2 Å². The maximum absolute atomic E-state index is 12.7. The average Bonchev–Trinajstić information content (AvgIpc) is 3.36. The number of amides is 2. The van der Waals surface area contributed by atoms with Crippen LogP contribution in [0.4, 0.5) is 0 Å². The van der Waals surface area contributed by atoms with Crippen LogP contribution in [0.15, 0.2) is 59.4 Å². The molecule has 2 atom stereocenters. The number of hydrogen-bond donors (Lipinski definition) is 5. The maximum Gasteiger partial charge on any atom is 0.257 e. The smallest absolute Gasteiger partial charge is 0.257 e. The second-order valence-electron chi connectivity index (χ2n) is 9.87. The number of nitrogens with zero attached hydrogens (tertiary/aromatic N) is 1. The SMILES string of the molecule is O=C(NCC[C@@H](O)C[C@@H](O)CC(=O)N1CCSCC1)c1ccc2[nH]c(-c3cc4ccccc4[nH]c3=O)cc2c1. The number of pyridine rings is 1. The minimum absolute atomic E-state index is 0.00216. The van der Waals surface area contributed by atoms with Gasteiger partial charge >= 0.3 is 0 Å². The number of aliphatic hydroxyl groups is 2. The van der Waals surface area contributed by atoms with Crippen LogP contribution >= 0.6 is 11.8 Å². The van der Waals surface area contributed by atoms with Crippen molar-refractivity contribution < 1.29 is 19.8 Å². The molecule has 2 amide bonds. The Bertz CT molecular complexity index is 1540. The number of benzene rings is 2. The Labute approximate surface area is 229 Å². The fourth-order valence-corrected chi connectivity index (χ4v) is 5.78. The first kappa shape index (κ1) is 27.0. The molecule has 0 bridgehead atoms. The van der Waals surface area contributed by atoms with Crippen LogP contribution in [-0.4, -0.2) is 80.2 Å². The number of hydrogen-bond acceptors (Lipinski definition) is 6. The summed E-state index contributed by atoms with van der Waals surface area (Å²) >= 11 is 1.81. The highest BCUT2D eigenvalue weighted by Crippen LogP contribution is 2.25. The number of thioether (sulfide) groups is 1. The number of para-hydroxylation sites is 1. The standard InChI is InChI=1S/C29H32N4O5S/c34-21(16-22(35)17-27(36)33-9-11-39-12-10-33)7-8-30-28(37)19-5-6-25-20(13-19)15-26(31-25)23-14-18-3-1-2-4-24(18)32-29(23)38/h1-6,13-15,21-22,31,34-35H,7-12,16-17H2,(H,30,37)(H,32,38)/t21-,22-/m1/s1. The van der Waals surface area contributed by atoms with Gasteiger partial charge in [0.05, 0.1) is 29.9 Å². The van der Waals surface area contributed by atoms with E-state index in [-0.39, 0.29) is 43.2 Å². The van der Waals surface area contributed by atoms with Gasteiger partial charge < -0.3 is 30.4 Å². The van der Waals surface area contributed by atoms with Gasteiger partial charge in [0.1, 0.15) is 0 Å². The molecule has 0 saturated carbocycles. The van der Waals surface area contributed by atoms with Gasteiger partial charge in [-0.3, -0.25) is 14.4 Å². The summed E-state index contributed by atoms with van der Waals surface area (Å²) in [4.78, 5) is 45.6. The van der Waals surface area contributed by atoms with E-state index in [0.717, 1.165) is 33.3 Å². The van der Waals surface area contributed by atoms with Crippen molar-refractivity contribution in [1.29, 1.82) is 0 Å². The third kappa shape index (κ3) is 6.52. The van der Waals surface area contributed by atoms with Gasteiger partial charge in [-0.05, 0) is 54.6 Å². The van der Waals surface area contributed by atoms with E-state index in [0.29, 0.717) is 29.9 Å². The summed E-state index contributed by atoms with van der Waals surface area (Å²) in [5.74, 6) is 1.45. The molecule has 5 N–H and O–H groups in total. The molecule has 204 valence electrons. The van der Waals surface area contributed by atoms with Crippen LogP contribution in [0, 0.1) is 0 Å². The molecule has 0 radical (unpaired) electrons. The van der Waals surface area contributed by atoms with Gasteiger partial charge in [0, 0.05) is 53.1 Å². The third-order valence-electron chi connectivity index (χ3n) is 7.01. The van der Waals surface area contributed by atoms with Gasteiger partial charge in [0.25, 0.3) is 11.5 Å². The Morgan fingerprint density at radius 1 is 0.949 bits per heavy atom. The molecule has 10 heteroatoms. The molecule has 1 aliphatic rings.